The fraction of sp³-hybridized carbons (Fsp3) is 0.154. The summed E-state index contributed by atoms with van der Waals surface area (Å²) in [4.78, 5) is 3.99. The van der Waals surface area contributed by atoms with E-state index in [9.17, 15) is 13.2 Å². The molecule has 2 rings (SSSR count). The van der Waals surface area contributed by atoms with E-state index in [1.165, 1.54) is 12.3 Å². The Morgan fingerprint density at radius 3 is 2.53 bits per heavy atom. The van der Waals surface area contributed by atoms with Gasteiger partial charge in [0.15, 0.2) is 5.75 Å². The monoisotopic (exact) mass is 268 g/mol. The largest absolute Gasteiger partial charge is 0.437 e. The van der Waals surface area contributed by atoms with E-state index in [4.69, 9.17) is 10.5 Å². The lowest BCUT2D eigenvalue weighted by atomic mass is 10.2. The Balaban J connectivity index is 2.30. The van der Waals surface area contributed by atoms with Crippen LogP contribution in [0.25, 0.3) is 0 Å². The molecule has 0 saturated heterocycles. The highest BCUT2D eigenvalue weighted by Crippen LogP contribution is 2.35. The minimum atomic E-state index is -4.42. The Hall–Kier alpha value is -2.24. The van der Waals surface area contributed by atoms with Gasteiger partial charge in [0, 0.05) is 11.8 Å². The van der Waals surface area contributed by atoms with E-state index in [1.807, 2.05) is 0 Å². The van der Waals surface area contributed by atoms with E-state index in [0.717, 1.165) is 17.7 Å². The van der Waals surface area contributed by atoms with E-state index in [2.05, 4.69) is 4.98 Å². The number of hydrogen-bond donors (Lipinski definition) is 1. The lowest BCUT2D eigenvalue weighted by molar-refractivity contribution is -0.137. The number of halogens is 3. The Bertz CT molecular complexity index is 597. The number of rotatable bonds is 2. The van der Waals surface area contributed by atoms with Gasteiger partial charge in [-0.3, -0.25) is 0 Å². The molecule has 0 saturated carbocycles. The number of alkyl halides is 3. The second-order valence-corrected chi connectivity index (χ2v) is 3.98. The molecule has 2 aromatic rings. The first-order valence-corrected chi connectivity index (χ1v) is 5.44. The minimum absolute atomic E-state index is 0.0834. The molecule has 0 spiro atoms. The number of nitrogens with zero attached hydrogens (tertiary/aromatic N) is 1. The van der Waals surface area contributed by atoms with Crippen molar-refractivity contribution in [3.05, 3.63) is 47.7 Å². The molecule has 100 valence electrons. The lowest BCUT2D eigenvalue weighted by Gasteiger charge is -2.12. The molecule has 0 atom stereocenters. The van der Waals surface area contributed by atoms with E-state index < -0.39 is 11.7 Å². The summed E-state index contributed by atoms with van der Waals surface area (Å²) in [5, 5.41) is 0. The first kappa shape index (κ1) is 13.2. The molecule has 0 aliphatic heterocycles. The Labute approximate surface area is 107 Å². The first-order chi connectivity index (χ1) is 8.88. The maximum atomic E-state index is 12.5. The van der Waals surface area contributed by atoms with Crippen LogP contribution in [0.5, 0.6) is 11.6 Å². The highest BCUT2D eigenvalue weighted by atomic mass is 19.4. The number of pyridine rings is 1. The molecule has 0 radical (unpaired) electrons. The van der Waals surface area contributed by atoms with Crippen LogP contribution < -0.4 is 10.5 Å². The van der Waals surface area contributed by atoms with Gasteiger partial charge in [0.2, 0.25) is 5.88 Å². The molecule has 0 bridgehead atoms. The summed E-state index contributed by atoms with van der Waals surface area (Å²) in [6, 6.07) is 6.46. The Morgan fingerprint density at radius 2 is 1.95 bits per heavy atom. The zero-order valence-electron chi connectivity index (χ0n) is 10.0. The SMILES string of the molecule is Cc1cccnc1Oc1ccc(C(F)(F)F)cc1N. The maximum absolute atomic E-state index is 12.5. The molecular formula is C13H11F3N2O. The standard InChI is InChI=1S/C13H11F3N2O/c1-8-3-2-6-18-12(8)19-11-5-4-9(7-10(11)17)13(14,15)16/h2-7H,17H2,1H3. The molecule has 6 heteroatoms. The molecule has 0 unspecified atom stereocenters. The number of hydrogen-bond acceptors (Lipinski definition) is 3. The van der Waals surface area contributed by atoms with Crippen molar-refractivity contribution in [1.29, 1.82) is 0 Å². The van der Waals surface area contributed by atoms with Gasteiger partial charge >= 0.3 is 6.18 Å². The van der Waals surface area contributed by atoms with Gasteiger partial charge < -0.3 is 10.5 Å². The quantitative estimate of drug-likeness (QED) is 0.843. The number of nitrogen functional groups attached to an aromatic ring is 1. The van der Waals surface area contributed by atoms with Gasteiger partial charge in [-0.2, -0.15) is 13.2 Å². The van der Waals surface area contributed by atoms with Crippen LogP contribution >= 0.6 is 0 Å². The van der Waals surface area contributed by atoms with E-state index in [-0.39, 0.29) is 11.4 Å². The van der Waals surface area contributed by atoms with E-state index in [1.54, 1.807) is 19.1 Å². The topological polar surface area (TPSA) is 48.1 Å². The van der Waals surface area contributed by atoms with Crippen LogP contribution in [0.1, 0.15) is 11.1 Å². The summed E-state index contributed by atoms with van der Waals surface area (Å²) in [7, 11) is 0. The minimum Gasteiger partial charge on any atom is -0.437 e. The number of ether oxygens (including phenoxy) is 1. The van der Waals surface area contributed by atoms with Crippen molar-refractivity contribution >= 4 is 5.69 Å². The molecule has 1 aromatic heterocycles. The molecule has 3 nitrogen and oxygen atoms in total. The lowest BCUT2D eigenvalue weighted by Crippen LogP contribution is -2.06. The third kappa shape index (κ3) is 2.96. The van der Waals surface area contributed by atoms with E-state index >= 15 is 0 Å². The predicted molar refractivity (Wildman–Crippen MR) is 64.9 cm³/mol. The molecule has 1 aromatic carbocycles. The average Bonchev–Trinajstić information content (AvgIpc) is 2.33. The van der Waals surface area contributed by atoms with Crippen molar-refractivity contribution in [3.63, 3.8) is 0 Å². The van der Waals surface area contributed by atoms with Crippen LogP contribution in [0.15, 0.2) is 36.5 Å². The average molecular weight is 268 g/mol. The number of aromatic nitrogens is 1. The molecule has 2 N–H and O–H groups in total. The second-order valence-electron chi connectivity index (χ2n) is 3.98. The predicted octanol–water partition coefficient (Wildman–Crippen LogP) is 3.78. The molecule has 1 heterocycles. The van der Waals surface area contributed by atoms with Crippen LogP contribution in [0.2, 0.25) is 0 Å². The van der Waals surface area contributed by atoms with Gasteiger partial charge in [-0.25, -0.2) is 4.98 Å². The van der Waals surface area contributed by atoms with Gasteiger partial charge in [-0.05, 0) is 31.2 Å². The van der Waals surface area contributed by atoms with Crippen molar-refractivity contribution < 1.29 is 17.9 Å². The summed E-state index contributed by atoms with van der Waals surface area (Å²) >= 11 is 0. The number of aryl methyl sites for hydroxylation is 1. The number of nitrogens with two attached hydrogens (primary N) is 1. The highest BCUT2D eigenvalue weighted by molar-refractivity contribution is 5.56. The first-order valence-electron chi connectivity index (χ1n) is 5.44. The molecular weight excluding hydrogens is 257 g/mol. The van der Waals surface area contributed by atoms with Gasteiger partial charge in [0.1, 0.15) is 0 Å². The summed E-state index contributed by atoms with van der Waals surface area (Å²) < 4.78 is 42.8. The summed E-state index contributed by atoms with van der Waals surface area (Å²) in [6.07, 6.45) is -2.89. The Morgan fingerprint density at radius 1 is 1.21 bits per heavy atom. The molecule has 0 fully saturated rings. The van der Waals surface area contributed by atoms with Crippen LogP contribution in [0.4, 0.5) is 18.9 Å². The number of anilines is 1. The summed E-state index contributed by atoms with van der Waals surface area (Å²) in [6.45, 7) is 1.78. The Kier molecular flexibility index (Phi) is 3.33. The van der Waals surface area contributed by atoms with Gasteiger partial charge in [-0.1, -0.05) is 6.07 Å². The van der Waals surface area contributed by atoms with Crippen molar-refractivity contribution in [2.24, 2.45) is 0 Å². The summed E-state index contributed by atoms with van der Waals surface area (Å²) in [5.41, 5.74) is 5.44. The van der Waals surface area contributed by atoms with Gasteiger partial charge in [0.25, 0.3) is 0 Å². The zero-order chi connectivity index (χ0) is 14.0. The van der Waals surface area contributed by atoms with Crippen molar-refractivity contribution in [3.8, 4) is 11.6 Å². The van der Waals surface area contributed by atoms with Gasteiger partial charge in [0.05, 0.1) is 11.3 Å². The van der Waals surface area contributed by atoms with Crippen LogP contribution in [0, 0.1) is 6.92 Å². The second kappa shape index (κ2) is 4.79. The molecule has 0 amide bonds. The third-order valence-electron chi connectivity index (χ3n) is 2.51. The summed E-state index contributed by atoms with van der Waals surface area (Å²) in [5.74, 6) is 0.462. The van der Waals surface area contributed by atoms with E-state index in [0.29, 0.717) is 5.88 Å². The fourth-order valence-electron chi connectivity index (χ4n) is 1.50. The maximum Gasteiger partial charge on any atom is 0.416 e. The molecule has 0 aliphatic rings. The normalized spacial score (nSPS) is 11.4. The van der Waals surface area contributed by atoms with Crippen LogP contribution in [-0.2, 0) is 6.18 Å². The van der Waals surface area contributed by atoms with Crippen LogP contribution in [0.3, 0.4) is 0 Å². The fourth-order valence-corrected chi connectivity index (χ4v) is 1.50. The zero-order valence-corrected chi connectivity index (χ0v) is 10.0. The highest BCUT2D eigenvalue weighted by Gasteiger charge is 2.31. The molecule has 19 heavy (non-hydrogen) atoms. The van der Waals surface area contributed by atoms with Crippen molar-refractivity contribution in [2.45, 2.75) is 13.1 Å². The molecule has 0 aliphatic carbocycles. The van der Waals surface area contributed by atoms with Gasteiger partial charge in [-0.15, -0.1) is 0 Å². The van der Waals surface area contributed by atoms with Crippen LogP contribution in [-0.4, -0.2) is 4.98 Å². The third-order valence-corrected chi connectivity index (χ3v) is 2.51. The van der Waals surface area contributed by atoms with Crippen molar-refractivity contribution in [2.75, 3.05) is 5.73 Å². The smallest absolute Gasteiger partial charge is 0.416 e. The number of benzene rings is 1. The van der Waals surface area contributed by atoms with Crippen molar-refractivity contribution in [1.82, 2.24) is 4.98 Å².